The highest BCUT2D eigenvalue weighted by molar-refractivity contribution is 5.97. The lowest BCUT2D eigenvalue weighted by molar-refractivity contribution is -0.954. The number of imidazole rings is 2. The molecule has 4 fully saturated rings. The van der Waals surface area contributed by atoms with Crippen LogP contribution in [0.25, 0.3) is 16.8 Å². The van der Waals surface area contributed by atoms with Crippen molar-refractivity contribution in [2.75, 3.05) is 7.05 Å². The first-order valence-electron chi connectivity index (χ1n) is 13.4. The molecule has 4 aliphatic rings. The summed E-state index contributed by atoms with van der Waals surface area (Å²) in [4.78, 5) is 19.9. The molecule has 4 bridgehead atoms. The maximum absolute atomic E-state index is 13.1. The van der Waals surface area contributed by atoms with E-state index in [0.29, 0.717) is 5.54 Å². The summed E-state index contributed by atoms with van der Waals surface area (Å²) >= 11 is 0. The van der Waals surface area contributed by atoms with E-state index in [9.17, 15) is 4.79 Å². The lowest BCUT2D eigenvalue weighted by atomic mass is 9.52. The van der Waals surface area contributed by atoms with Crippen LogP contribution in [0.5, 0.6) is 0 Å². The summed E-state index contributed by atoms with van der Waals surface area (Å²) in [7, 11) is 2.37. The Hall–Kier alpha value is -2.92. The van der Waals surface area contributed by atoms with Crippen molar-refractivity contribution in [3.05, 3.63) is 71.5 Å². The van der Waals surface area contributed by atoms with E-state index in [1.54, 1.807) is 11.8 Å². The molecule has 0 amide bonds. The van der Waals surface area contributed by atoms with E-state index in [2.05, 4.69) is 70.6 Å². The molecule has 0 radical (unpaired) electrons. The van der Waals surface area contributed by atoms with Gasteiger partial charge in [-0.1, -0.05) is 42.5 Å². The fourth-order valence-corrected chi connectivity index (χ4v) is 8.33. The van der Waals surface area contributed by atoms with E-state index < -0.39 is 0 Å². The second kappa shape index (κ2) is 7.79. The van der Waals surface area contributed by atoms with Gasteiger partial charge in [0.1, 0.15) is 17.9 Å². The van der Waals surface area contributed by atoms with Crippen molar-refractivity contribution in [1.29, 1.82) is 0 Å². The largest absolute Gasteiger partial charge is 0.327 e. The third-order valence-corrected chi connectivity index (χ3v) is 9.48. The summed E-state index contributed by atoms with van der Waals surface area (Å²) in [6, 6.07) is 18.9. The number of quaternary nitrogens is 1. The van der Waals surface area contributed by atoms with Crippen LogP contribution in [0.1, 0.15) is 67.2 Å². The van der Waals surface area contributed by atoms with Gasteiger partial charge >= 0.3 is 0 Å². The van der Waals surface area contributed by atoms with Crippen molar-refractivity contribution < 1.29 is 9.69 Å². The monoisotopic (exact) mass is 467 g/mol. The second-order valence-electron chi connectivity index (χ2n) is 11.8. The van der Waals surface area contributed by atoms with Gasteiger partial charge in [-0.15, -0.1) is 0 Å². The molecule has 35 heavy (non-hydrogen) atoms. The van der Waals surface area contributed by atoms with Gasteiger partial charge in [-0.25, -0.2) is 4.98 Å². The lowest BCUT2D eigenvalue weighted by Gasteiger charge is -2.57. The third kappa shape index (κ3) is 3.31. The highest BCUT2D eigenvalue weighted by Crippen LogP contribution is 2.54. The van der Waals surface area contributed by atoms with Gasteiger partial charge in [-0.2, -0.15) is 0 Å². The predicted molar refractivity (Wildman–Crippen MR) is 138 cm³/mol. The summed E-state index contributed by atoms with van der Waals surface area (Å²) in [5.41, 5.74) is 5.53. The molecule has 5 heteroatoms. The number of para-hydroxylation sites is 2. The Morgan fingerprint density at radius 3 is 2.17 bits per heavy atom. The molecule has 180 valence electrons. The predicted octanol–water partition coefficient (Wildman–Crippen LogP) is 4.52. The van der Waals surface area contributed by atoms with Crippen molar-refractivity contribution in [2.45, 2.75) is 64.1 Å². The molecule has 8 rings (SSSR count). The van der Waals surface area contributed by atoms with Gasteiger partial charge in [-0.05, 0) is 54.7 Å². The fraction of sp³-hybridized carbons (Fsp3) is 0.467. The van der Waals surface area contributed by atoms with E-state index in [1.165, 1.54) is 44.1 Å². The number of carbonyl (C=O) groups excluding carboxylic acids is 1. The van der Waals surface area contributed by atoms with Crippen LogP contribution in [0.15, 0.2) is 54.6 Å². The van der Waals surface area contributed by atoms with Gasteiger partial charge in [0.15, 0.2) is 5.78 Å². The van der Waals surface area contributed by atoms with Crippen LogP contribution in [0.4, 0.5) is 0 Å². The minimum Gasteiger partial charge on any atom is -0.327 e. The SMILES string of the molecule is CC(=O)c1c(C[NH+](C)C23CC4CC(CC(C4)C2)C3)nc2n(Cc3ccccc3)c3ccccc3n12. The van der Waals surface area contributed by atoms with E-state index in [0.717, 1.165) is 59.0 Å². The number of hydrogen-bond donors (Lipinski definition) is 1. The topological polar surface area (TPSA) is 43.7 Å². The summed E-state index contributed by atoms with van der Waals surface area (Å²) in [5.74, 6) is 3.75. The number of aromatic nitrogens is 3. The zero-order valence-electron chi connectivity index (χ0n) is 20.8. The van der Waals surface area contributed by atoms with Crippen LogP contribution in [0, 0.1) is 17.8 Å². The number of nitrogens with one attached hydrogen (secondary N) is 1. The molecule has 0 spiro atoms. The first-order valence-corrected chi connectivity index (χ1v) is 13.4. The Morgan fingerprint density at radius 2 is 1.54 bits per heavy atom. The molecule has 4 saturated carbocycles. The minimum atomic E-state index is 0.105. The molecule has 2 aromatic heterocycles. The first kappa shape index (κ1) is 21.4. The van der Waals surface area contributed by atoms with Crippen molar-refractivity contribution in [3.63, 3.8) is 0 Å². The normalized spacial score (nSPS) is 28.2. The Balaban J connectivity index is 1.33. The fourth-order valence-electron chi connectivity index (χ4n) is 8.33. The number of hydrogen-bond acceptors (Lipinski definition) is 2. The Labute approximate surface area is 206 Å². The summed E-state index contributed by atoms with van der Waals surface area (Å²) in [6.45, 7) is 3.27. The molecular formula is C30H35N4O+. The van der Waals surface area contributed by atoms with Crippen LogP contribution in [0.2, 0.25) is 0 Å². The summed E-state index contributed by atoms with van der Waals surface area (Å²) < 4.78 is 4.41. The molecule has 0 aliphatic heterocycles. The van der Waals surface area contributed by atoms with Gasteiger partial charge in [0, 0.05) is 26.2 Å². The molecule has 1 atom stereocenters. The number of carbonyl (C=O) groups is 1. The quantitative estimate of drug-likeness (QED) is 0.424. The highest BCUT2D eigenvalue weighted by Gasteiger charge is 2.55. The molecule has 4 aliphatic carbocycles. The van der Waals surface area contributed by atoms with E-state index in [-0.39, 0.29) is 5.78 Å². The van der Waals surface area contributed by atoms with E-state index in [1.807, 2.05) is 0 Å². The highest BCUT2D eigenvalue weighted by atomic mass is 16.1. The number of rotatable bonds is 6. The Bertz CT molecular complexity index is 1390. The van der Waals surface area contributed by atoms with Crippen molar-refractivity contribution >= 4 is 22.6 Å². The van der Waals surface area contributed by atoms with Crippen LogP contribution in [-0.2, 0) is 13.1 Å². The van der Waals surface area contributed by atoms with Gasteiger partial charge in [-0.3, -0.25) is 9.20 Å². The maximum atomic E-state index is 13.1. The number of benzene rings is 2. The standard InChI is InChI=1S/C30H34N4O/c1-20(35)28-25(19-32(2)30-15-22-12-23(16-30)14-24(13-22)17-30)31-29-33(18-21-8-4-3-5-9-21)26-10-6-7-11-27(26)34(28)29/h3-11,22-24H,12-19H2,1-2H3/p+1. The molecule has 5 nitrogen and oxygen atoms in total. The minimum absolute atomic E-state index is 0.105. The number of fused-ring (bicyclic) bond motifs is 3. The van der Waals surface area contributed by atoms with Crippen molar-refractivity contribution in [2.24, 2.45) is 17.8 Å². The lowest BCUT2D eigenvalue weighted by Crippen LogP contribution is -3.17. The van der Waals surface area contributed by atoms with E-state index >= 15 is 0 Å². The van der Waals surface area contributed by atoms with E-state index in [4.69, 9.17) is 4.98 Å². The molecule has 1 N–H and O–H groups in total. The molecule has 2 heterocycles. The molecular weight excluding hydrogens is 432 g/mol. The van der Waals surface area contributed by atoms with Gasteiger partial charge in [0.25, 0.3) is 0 Å². The summed E-state index contributed by atoms with van der Waals surface area (Å²) in [5, 5.41) is 0. The maximum Gasteiger partial charge on any atom is 0.216 e. The molecule has 4 aromatic rings. The molecule has 0 saturated heterocycles. The molecule has 1 unspecified atom stereocenters. The third-order valence-electron chi connectivity index (χ3n) is 9.48. The van der Waals surface area contributed by atoms with Gasteiger partial charge < -0.3 is 9.47 Å². The number of Topliss-reactive ketones (excluding diaryl/α,β-unsaturated/α-hetero) is 1. The van der Waals surface area contributed by atoms with Crippen LogP contribution >= 0.6 is 0 Å². The zero-order valence-corrected chi connectivity index (χ0v) is 20.8. The van der Waals surface area contributed by atoms with Crippen molar-refractivity contribution in [1.82, 2.24) is 14.0 Å². The Kier molecular flexibility index (Phi) is 4.76. The smallest absolute Gasteiger partial charge is 0.216 e. The average molecular weight is 468 g/mol. The van der Waals surface area contributed by atoms with Gasteiger partial charge in [0.05, 0.1) is 30.2 Å². The molecule has 2 aromatic carbocycles. The van der Waals surface area contributed by atoms with Crippen LogP contribution in [0.3, 0.4) is 0 Å². The summed E-state index contributed by atoms with van der Waals surface area (Å²) in [6.07, 6.45) is 8.43. The average Bonchev–Trinajstić information content (AvgIpc) is 3.34. The first-order chi connectivity index (χ1) is 17.0. The number of nitrogens with zero attached hydrogens (tertiary/aromatic N) is 3. The van der Waals surface area contributed by atoms with Gasteiger partial charge in [0.2, 0.25) is 5.78 Å². The van der Waals surface area contributed by atoms with Crippen LogP contribution < -0.4 is 4.90 Å². The second-order valence-corrected chi connectivity index (χ2v) is 11.8. The zero-order chi connectivity index (χ0) is 23.7. The Morgan fingerprint density at radius 1 is 0.943 bits per heavy atom. The number of ketones is 1. The van der Waals surface area contributed by atoms with Crippen molar-refractivity contribution in [3.8, 4) is 0 Å². The van der Waals surface area contributed by atoms with Crippen LogP contribution in [-0.4, -0.2) is 32.3 Å².